The Kier molecular flexibility index (Phi) is 5.52. The predicted molar refractivity (Wildman–Crippen MR) is 107 cm³/mol. The van der Waals surface area contributed by atoms with Gasteiger partial charge in [0.1, 0.15) is 5.69 Å². The van der Waals surface area contributed by atoms with Crippen LogP contribution in [0.2, 0.25) is 0 Å². The maximum absolute atomic E-state index is 13.7. The topological polar surface area (TPSA) is 93.2 Å². The van der Waals surface area contributed by atoms with E-state index in [1.54, 1.807) is 0 Å². The molecule has 172 valence electrons. The van der Waals surface area contributed by atoms with Gasteiger partial charge in [0.2, 0.25) is 0 Å². The van der Waals surface area contributed by atoms with E-state index in [9.17, 15) is 31.5 Å². The smallest absolute Gasteiger partial charge is 0.365 e. The van der Waals surface area contributed by atoms with Crippen molar-refractivity contribution in [2.75, 3.05) is 11.9 Å². The summed E-state index contributed by atoms with van der Waals surface area (Å²) in [4.78, 5) is 26.1. The number of urea groups is 1. The number of fused-ring (bicyclic) bond motifs is 1. The van der Waals surface area contributed by atoms with Crippen LogP contribution < -0.4 is 11.1 Å². The summed E-state index contributed by atoms with van der Waals surface area (Å²) >= 11 is 0. The average Bonchev–Trinajstić information content (AvgIpc) is 3.14. The third-order valence-electron chi connectivity index (χ3n) is 5.17. The Morgan fingerprint density at radius 3 is 2.30 bits per heavy atom. The van der Waals surface area contributed by atoms with Gasteiger partial charge in [-0.05, 0) is 42.5 Å². The van der Waals surface area contributed by atoms with Gasteiger partial charge in [-0.15, -0.1) is 0 Å². The van der Waals surface area contributed by atoms with Crippen LogP contribution in [0.4, 0.5) is 32.4 Å². The summed E-state index contributed by atoms with van der Waals surface area (Å²) in [6, 6.07) is 6.40. The number of carbonyl (C=O) groups is 2. The van der Waals surface area contributed by atoms with E-state index in [2.05, 4.69) is 10.4 Å². The number of hydrogen-bond donors (Lipinski definition) is 2. The maximum Gasteiger partial charge on any atom is 0.416 e. The largest absolute Gasteiger partial charge is 0.416 e. The minimum atomic E-state index is -4.50. The van der Waals surface area contributed by atoms with Gasteiger partial charge >= 0.3 is 12.2 Å². The van der Waals surface area contributed by atoms with Crippen molar-refractivity contribution in [3.63, 3.8) is 0 Å². The van der Waals surface area contributed by atoms with Gasteiger partial charge < -0.3 is 16.0 Å². The summed E-state index contributed by atoms with van der Waals surface area (Å²) in [5.41, 5.74) is 5.29. The number of alkyl halides is 3. The molecule has 0 bridgehead atoms. The lowest BCUT2D eigenvalue weighted by Crippen LogP contribution is -2.41. The maximum atomic E-state index is 13.7. The fraction of sp³-hybridized carbons (Fsp3) is 0.190. The van der Waals surface area contributed by atoms with E-state index in [4.69, 9.17) is 5.73 Å². The molecule has 0 atom stereocenters. The second kappa shape index (κ2) is 8.19. The van der Waals surface area contributed by atoms with Gasteiger partial charge in [-0.25, -0.2) is 13.6 Å². The average molecular weight is 465 g/mol. The summed E-state index contributed by atoms with van der Waals surface area (Å²) in [6.07, 6.45) is -4.50. The highest BCUT2D eigenvalue weighted by molar-refractivity contribution is 6.00. The second-order valence-electron chi connectivity index (χ2n) is 7.31. The van der Waals surface area contributed by atoms with Crippen LogP contribution in [0.1, 0.15) is 21.6 Å². The lowest BCUT2D eigenvalue weighted by Gasteiger charge is -2.28. The van der Waals surface area contributed by atoms with Gasteiger partial charge in [-0.2, -0.15) is 18.3 Å². The molecule has 0 spiro atoms. The van der Waals surface area contributed by atoms with Crippen molar-refractivity contribution in [3.8, 4) is 11.3 Å². The highest BCUT2D eigenvalue weighted by atomic mass is 19.4. The molecule has 3 amide bonds. The first-order valence-electron chi connectivity index (χ1n) is 9.62. The van der Waals surface area contributed by atoms with Crippen LogP contribution in [-0.4, -0.2) is 33.2 Å². The fourth-order valence-corrected chi connectivity index (χ4v) is 3.54. The molecule has 2 heterocycles. The number of nitrogens with two attached hydrogens (primary N) is 1. The SMILES string of the molecule is NC(=O)c1c(-c2ccc(F)c(F)c2)nn2c1CN(C(=O)Nc1ccc(C(F)(F)F)cc1)CC2. The first-order chi connectivity index (χ1) is 15.5. The standard InChI is InChI=1S/C21H16F5N5O2/c22-14-6-1-11(9-15(14)23)18-17(19(27)32)16-10-30(7-8-31(16)29-18)20(33)28-13-4-2-12(3-5-13)21(24,25)26/h1-6,9H,7-8,10H2,(H2,27,32)(H,28,33). The second-order valence-corrected chi connectivity index (χ2v) is 7.31. The molecule has 1 aromatic heterocycles. The van der Waals surface area contributed by atoms with E-state index < -0.39 is 35.3 Å². The molecule has 12 heteroatoms. The Hall–Kier alpha value is -3.96. The molecule has 3 N–H and O–H groups in total. The minimum absolute atomic E-state index is 0.0342. The van der Waals surface area contributed by atoms with E-state index in [0.29, 0.717) is 5.69 Å². The Morgan fingerprint density at radius 2 is 1.70 bits per heavy atom. The zero-order valence-corrected chi connectivity index (χ0v) is 16.8. The monoisotopic (exact) mass is 465 g/mol. The lowest BCUT2D eigenvalue weighted by atomic mass is 10.0. The van der Waals surface area contributed by atoms with E-state index in [0.717, 1.165) is 36.4 Å². The van der Waals surface area contributed by atoms with Gasteiger partial charge in [-0.1, -0.05) is 0 Å². The van der Waals surface area contributed by atoms with E-state index in [-0.39, 0.29) is 42.1 Å². The number of rotatable bonds is 3. The number of nitrogens with one attached hydrogen (secondary N) is 1. The Labute approximate surface area is 183 Å². The van der Waals surface area contributed by atoms with Gasteiger partial charge in [0.05, 0.1) is 29.9 Å². The highest BCUT2D eigenvalue weighted by Gasteiger charge is 2.31. The number of primary amides is 1. The first-order valence-corrected chi connectivity index (χ1v) is 9.62. The number of nitrogens with zero attached hydrogens (tertiary/aromatic N) is 3. The number of carbonyl (C=O) groups excluding carboxylic acids is 2. The molecular formula is C21H16F5N5O2. The fourth-order valence-electron chi connectivity index (χ4n) is 3.54. The van der Waals surface area contributed by atoms with Crippen LogP contribution in [0.5, 0.6) is 0 Å². The van der Waals surface area contributed by atoms with Crippen molar-refractivity contribution < 1.29 is 31.5 Å². The first kappa shape index (κ1) is 22.2. The quantitative estimate of drug-likeness (QED) is 0.573. The molecule has 0 saturated carbocycles. The number of amides is 3. The molecule has 0 unspecified atom stereocenters. The molecule has 2 aromatic carbocycles. The molecule has 0 radical (unpaired) electrons. The zero-order valence-electron chi connectivity index (χ0n) is 16.8. The van der Waals surface area contributed by atoms with E-state index >= 15 is 0 Å². The molecule has 0 aliphatic carbocycles. The molecule has 1 aliphatic rings. The number of anilines is 1. The molecule has 0 saturated heterocycles. The number of hydrogen-bond acceptors (Lipinski definition) is 3. The van der Waals surface area contributed by atoms with Crippen LogP contribution in [0.15, 0.2) is 42.5 Å². The van der Waals surface area contributed by atoms with Gasteiger partial charge in [0, 0.05) is 17.8 Å². The third kappa shape index (κ3) is 4.36. The van der Waals surface area contributed by atoms with Crippen molar-refractivity contribution in [3.05, 3.63) is 70.9 Å². The number of benzene rings is 2. The van der Waals surface area contributed by atoms with Crippen LogP contribution in [-0.2, 0) is 19.3 Å². The van der Waals surface area contributed by atoms with E-state index in [1.165, 1.54) is 15.6 Å². The van der Waals surface area contributed by atoms with Gasteiger partial charge in [0.25, 0.3) is 5.91 Å². The predicted octanol–water partition coefficient (Wildman–Crippen LogP) is 3.99. The van der Waals surface area contributed by atoms with Crippen LogP contribution in [0.3, 0.4) is 0 Å². The Balaban J connectivity index is 1.57. The molecular weight excluding hydrogens is 449 g/mol. The van der Waals surface area contributed by atoms with Gasteiger partial charge in [-0.3, -0.25) is 9.48 Å². The van der Waals surface area contributed by atoms with Gasteiger partial charge in [0.15, 0.2) is 11.6 Å². The molecule has 1 aliphatic heterocycles. The number of halogens is 5. The molecule has 0 fully saturated rings. The zero-order chi connectivity index (χ0) is 23.9. The number of aromatic nitrogens is 2. The normalized spacial score (nSPS) is 13.5. The van der Waals surface area contributed by atoms with Crippen LogP contribution in [0.25, 0.3) is 11.3 Å². The van der Waals surface area contributed by atoms with Crippen molar-refractivity contribution in [2.45, 2.75) is 19.3 Å². The molecule has 4 rings (SSSR count). The van der Waals surface area contributed by atoms with Crippen molar-refractivity contribution in [2.24, 2.45) is 5.73 Å². The summed E-state index contributed by atoms with van der Waals surface area (Å²) in [5, 5.41) is 6.79. The van der Waals surface area contributed by atoms with Crippen molar-refractivity contribution >= 4 is 17.6 Å². The van der Waals surface area contributed by atoms with Crippen LogP contribution in [0, 0.1) is 11.6 Å². The van der Waals surface area contributed by atoms with E-state index in [1.807, 2.05) is 0 Å². The third-order valence-corrected chi connectivity index (χ3v) is 5.17. The van der Waals surface area contributed by atoms with Crippen molar-refractivity contribution in [1.29, 1.82) is 0 Å². The minimum Gasteiger partial charge on any atom is -0.365 e. The summed E-state index contributed by atoms with van der Waals surface area (Å²) in [6.45, 7) is 0.276. The van der Waals surface area contributed by atoms with Crippen molar-refractivity contribution in [1.82, 2.24) is 14.7 Å². The summed E-state index contributed by atoms with van der Waals surface area (Å²) in [5.74, 6) is -3.04. The Bertz CT molecular complexity index is 1240. The molecule has 3 aromatic rings. The Morgan fingerprint density at radius 1 is 1.00 bits per heavy atom. The summed E-state index contributed by atoms with van der Waals surface area (Å²) in [7, 11) is 0. The lowest BCUT2D eigenvalue weighted by molar-refractivity contribution is -0.137. The highest BCUT2D eigenvalue weighted by Crippen LogP contribution is 2.31. The molecule has 33 heavy (non-hydrogen) atoms. The van der Waals surface area contributed by atoms with Crippen LogP contribution >= 0.6 is 0 Å². The molecule has 7 nitrogen and oxygen atoms in total. The summed E-state index contributed by atoms with van der Waals surface area (Å²) < 4.78 is 66.6.